The number of aryl methyl sites for hydroxylation is 1. The fourth-order valence-corrected chi connectivity index (χ4v) is 3.02. The van der Waals surface area contributed by atoms with Crippen LogP contribution in [0.15, 0.2) is 72.8 Å². The summed E-state index contributed by atoms with van der Waals surface area (Å²) in [7, 11) is 0. The zero-order valence-corrected chi connectivity index (χ0v) is 15.9. The van der Waals surface area contributed by atoms with Gasteiger partial charge in [-0.25, -0.2) is 4.98 Å². The SMILES string of the molecule is Cc1ccc(NC(=O)C(C)Nc2ccc(-c3nc4ccccc4[nH]3)cc2)cc1. The molecule has 0 fully saturated rings. The number of carbonyl (C=O) groups excluding carboxylic acids is 1. The topological polar surface area (TPSA) is 69.8 Å². The molecule has 0 saturated heterocycles. The highest BCUT2D eigenvalue weighted by Gasteiger charge is 2.13. The smallest absolute Gasteiger partial charge is 0.246 e. The van der Waals surface area contributed by atoms with Crippen LogP contribution in [0.1, 0.15) is 12.5 Å². The van der Waals surface area contributed by atoms with Crippen LogP contribution in [0.2, 0.25) is 0 Å². The van der Waals surface area contributed by atoms with E-state index in [9.17, 15) is 4.79 Å². The Morgan fingerprint density at radius 1 is 0.929 bits per heavy atom. The number of nitrogens with one attached hydrogen (secondary N) is 3. The second kappa shape index (κ2) is 7.56. The first-order chi connectivity index (χ1) is 13.6. The largest absolute Gasteiger partial charge is 0.374 e. The molecule has 0 radical (unpaired) electrons. The number of hydrogen-bond donors (Lipinski definition) is 3. The number of imidazole rings is 1. The number of H-pyrrole nitrogens is 1. The lowest BCUT2D eigenvalue weighted by Gasteiger charge is -2.15. The van der Waals surface area contributed by atoms with Gasteiger partial charge in [-0.3, -0.25) is 4.79 Å². The van der Waals surface area contributed by atoms with Crippen LogP contribution in [0.25, 0.3) is 22.4 Å². The molecule has 5 heteroatoms. The van der Waals surface area contributed by atoms with Crippen LogP contribution in [-0.4, -0.2) is 21.9 Å². The van der Waals surface area contributed by atoms with Gasteiger partial charge in [-0.15, -0.1) is 0 Å². The fraction of sp³-hybridized carbons (Fsp3) is 0.130. The van der Waals surface area contributed by atoms with Crippen molar-refractivity contribution in [2.45, 2.75) is 19.9 Å². The number of hydrogen-bond acceptors (Lipinski definition) is 3. The van der Waals surface area contributed by atoms with E-state index in [0.29, 0.717) is 0 Å². The number of nitrogens with zero attached hydrogens (tertiary/aromatic N) is 1. The number of fused-ring (bicyclic) bond motifs is 1. The lowest BCUT2D eigenvalue weighted by atomic mass is 10.2. The Hall–Kier alpha value is -3.60. The maximum absolute atomic E-state index is 12.4. The molecule has 4 rings (SSSR count). The molecule has 3 N–H and O–H groups in total. The molecule has 3 aromatic carbocycles. The normalized spacial score (nSPS) is 11.9. The van der Waals surface area contributed by atoms with Crippen LogP contribution in [0.3, 0.4) is 0 Å². The average Bonchev–Trinajstić information content (AvgIpc) is 3.14. The molecule has 0 saturated carbocycles. The number of aromatic amines is 1. The van der Waals surface area contributed by atoms with Gasteiger partial charge in [-0.05, 0) is 62.4 Å². The van der Waals surface area contributed by atoms with Gasteiger partial charge >= 0.3 is 0 Å². The third-order valence-electron chi connectivity index (χ3n) is 4.64. The summed E-state index contributed by atoms with van der Waals surface area (Å²) in [6, 6.07) is 23.3. The van der Waals surface area contributed by atoms with Crippen molar-refractivity contribution in [2.75, 3.05) is 10.6 Å². The highest BCUT2D eigenvalue weighted by molar-refractivity contribution is 5.96. The van der Waals surface area contributed by atoms with Crippen molar-refractivity contribution < 1.29 is 4.79 Å². The fourth-order valence-electron chi connectivity index (χ4n) is 3.02. The van der Waals surface area contributed by atoms with Crippen LogP contribution in [0.5, 0.6) is 0 Å². The number of amides is 1. The van der Waals surface area contributed by atoms with Crippen LogP contribution >= 0.6 is 0 Å². The Balaban J connectivity index is 1.42. The summed E-state index contributed by atoms with van der Waals surface area (Å²) in [5.41, 5.74) is 5.80. The Morgan fingerprint density at radius 2 is 1.61 bits per heavy atom. The Morgan fingerprint density at radius 3 is 2.32 bits per heavy atom. The number of aromatic nitrogens is 2. The molecule has 0 bridgehead atoms. The van der Waals surface area contributed by atoms with Gasteiger partial charge in [0.1, 0.15) is 11.9 Å². The van der Waals surface area contributed by atoms with E-state index in [0.717, 1.165) is 39.4 Å². The highest BCUT2D eigenvalue weighted by Crippen LogP contribution is 2.22. The van der Waals surface area contributed by atoms with Gasteiger partial charge in [0.25, 0.3) is 0 Å². The molecule has 1 amide bonds. The molecule has 1 heterocycles. The van der Waals surface area contributed by atoms with Crippen molar-refractivity contribution in [1.29, 1.82) is 0 Å². The standard InChI is InChI=1S/C23H22N4O/c1-15-7-11-19(12-8-15)25-23(28)16(2)24-18-13-9-17(10-14-18)22-26-20-5-3-4-6-21(20)27-22/h3-14,16,24H,1-2H3,(H,25,28)(H,26,27). The van der Waals surface area contributed by atoms with Crippen LogP contribution in [0, 0.1) is 6.92 Å². The predicted molar refractivity (Wildman–Crippen MR) is 114 cm³/mol. The summed E-state index contributed by atoms with van der Waals surface area (Å²) in [4.78, 5) is 20.3. The molecule has 1 unspecified atom stereocenters. The van der Waals surface area contributed by atoms with Crippen LogP contribution in [0.4, 0.5) is 11.4 Å². The monoisotopic (exact) mass is 370 g/mol. The summed E-state index contributed by atoms with van der Waals surface area (Å²) in [6.07, 6.45) is 0. The molecule has 5 nitrogen and oxygen atoms in total. The maximum Gasteiger partial charge on any atom is 0.246 e. The van der Waals surface area contributed by atoms with Crippen molar-refractivity contribution in [1.82, 2.24) is 9.97 Å². The van der Waals surface area contributed by atoms with Crippen molar-refractivity contribution >= 4 is 28.3 Å². The summed E-state index contributed by atoms with van der Waals surface area (Å²) >= 11 is 0. The van der Waals surface area contributed by atoms with E-state index in [4.69, 9.17) is 0 Å². The number of benzene rings is 3. The van der Waals surface area contributed by atoms with E-state index in [1.807, 2.05) is 86.6 Å². The second-order valence-corrected chi connectivity index (χ2v) is 6.90. The summed E-state index contributed by atoms with van der Waals surface area (Å²) < 4.78 is 0. The van der Waals surface area contributed by atoms with Gasteiger partial charge in [-0.1, -0.05) is 29.8 Å². The summed E-state index contributed by atoms with van der Waals surface area (Å²) in [5.74, 6) is 0.753. The lowest BCUT2D eigenvalue weighted by Crippen LogP contribution is -2.31. The van der Waals surface area contributed by atoms with Gasteiger partial charge in [0, 0.05) is 16.9 Å². The maximum atomic E-state index is 12.4. The van der Waals surface area contributed by atoms with Gasteiger partial charge < -0.3 is 15.6 Å². The third kappa shape index (κ3) is 3.88. The number of para-hydroxylation sites is 2. The van der Waals surface area contributed by atoms with Crippen molar-refractivity contribution in [2.24, 2.45) is 0 Å². The number of carbonyl (C=O) groups is 1. The van der Waals surface area contributed by atoms with Gasteiger partial charge in [0.05, 0.1) is 11.0 Å². The zero-order chi connectivity index (χ0) is 19.5. The molecule has 0 aliphatic heterocycles. The van der Waals surface area contributed by atoms with Crippen molar-refractivity contribution in [3.63, 3.8) is 0 Å². The molecule has 28 heavy (non-hydrogen) atoms. The number of anilines is 2. The van der Waals surface area contributed by atoms with E-state index in [2.05, 4.69) is 20.6 Å². The number of rotatable bonds is 5. The zero-order valence-electron chi connectivity index (χ0n) is 15.9. The molecule has 0 aliphatic rings. The van der Waals surface area contributed by atoms with E-state index in [1.54, 1.807) is 0 Å². The van der Waals surface area contributed by atoms with E-state index in [1.165, 1.54) is 0 Å². The second-order valence-electron chi connectivity index (χ2n) is 6.90. The van der Waals surface area contributed by atoms with Crippen LogP contribution in [-0.2, 0) is 4.79 Å². The van der Waals surface area contributed by atoms with Gasteiger partial charge in [0.15, 0.2) is 0 Å². The van der Waals surface area contributed by atoms with E-state index in [-0.39, 0.29) is 11.9 Å². The average molecular weight is 370 g/mol. The van der Waals surface area contributed by atoms with Gasteiger partial charge in [-0.2, -0.15) is 0 Å². The minimum Gasteiger partial charge on any atom is -0.374 e. The lowest BCUT2D eigenvalue weighted by molar-refractivity contribution is -0.116. The minimum absolute atomic E-state index is 0.0785. The van der Waals surface area contributed by atoms with Gasteiger partial charge in [0.2, 0.25) is 5.91 Å². The first-order valence-electron chi connectivity index (χ1n) is 9.28. The quantitative estimate of drug-likeness (QED) is 0.464. The molecule has 0 spiro atoms. The van der Waals surface area contributed by atoms with Crippen LogP contribution < -0.4 is 10.6 Å². The molecular weight excluding hydrogens is 348 g/mol. The molecular formula is C23H22N4O. The molecule has 140 valence electrons. The highest BCUT2D eigenvalue weighted by atomic mass is 16.2. The van der Waals surface area contributed by atoms with E-state index < -0.39 is 0 Å². The summed E-state index contributed by atoms with van der Waals surface area (Å²) in [5, 5.41) is 6.16. The summed E-state index contributed by atoms with van der Waals surface area (Å²) in [6.45, 7) is 3.86. The van der Waals surface area contributed by atoms with Crippen molar-refractivity contribution in [3.8, 4) is 11.4 Å². The Labute approximate surface area is 163 Å². The molecule has 4 aromatic rings. The van der Waals surface area contributed by atoms with Crippen molar-refractivity contribution in [3.05, 3.63) is 78.4 Å². The molecule has 1 atom stereocenters. The molecule has 0 aliphatic carbocycles. The Kier molecular flexibility index (Phi) is 4.81. The third-order valence-corrected chi connectivity index (χ3v) is 4.64. The predicted octanol–water partition coefficient (Wildman–Crippen LogP) is 4.98. The molecule has 1 aromatic heterocycles. The Bertz CT molecular complexity index is 1060. The minimum atomic E-state index is -0.363. The van der Waals surface area contributed by atoms with E-state index >= 15 is 0 Å². The first kappa shape index (κ1) is 17.8. The first-order valence-corrected chi connectivity index (χ1v) is 9.28.